The van der Waals surface area contributed by atoms with E-state index in [1.54, 1.807) is 36.2 Å². The van der Waals surface area contributed by atoms with Crippen LogP contribution in [0.1, 0.15) is 23.0 Å². The van der Waals surface area contributed by atoms with Gasteiger partial charge in [-0.25, -0.2) is 9.97 Å². The number of nitrogens with zero attached hydrogens (tertiary/aromatic N) is 4. The lowest BCUT2D eigenvalue weighted by Gasteiger charge is -2.34. The first-order valence-corrected chi connectivity index (χ1v) is 8.77. The fraction of sp³-hybridized carbons (Fsp3) is 0.333. The van der Waals surface area contributed by atoms with Crippen molar-refractivity contribution in [3.05, 3.63) is 52.8 Å². The normalized spacial score (nSPS) is 14.2. The molecule has 0 bridgehead atoms. The Morgan fingerprint density at radius 3 is 2.46 bits per heavy atom. The van der Waals surface area contributed by atoms with Gasteiger partial charge in [-0.3, -0.25) is 9.59 Å². The average Bonchev–Trinajstić information content (AvgIpc) is 2.67. The predicted molar refractivity (Wildman–Crippen MR) is 99.1 cm³/mol. The smallest absolute Gasteiger partial charge is 0.270 e. The van der Waals surface area contributed by atoms with Crippen LogP contribution in [0.4, 0.5) is 5.95 Å². The first-order chi connectivity index (χ1) is 12.5. The zero-order valence-electron chi connectivity index (χ0n) is 14.5. The van der Waals surface area contributed by atoms with Crippen LogP contribution in [0.3, 0.4) is 0 Å². The van der Waals surface area contributed by atoms with Crippen molar-refractivity contribution in [2.24, 2.45) is 0 Å². The van der Waals surface area contributed by atoms with E-state index in [0.29, 0.717) is 49.4 Å². The minimum atomic E-state index is -0.258. The molecule has 2 heterocycles. The van der Waals surface area contributed by atoms with Gasteiger partial charge in [-0.15, -0.1) is 0 Å². The van der Waals surface area contributed by atoms with Crippen LogP contribution in [-0.2, 0) is 11.3 Å². The molecule has 1 aromatic heterocycles. The number of anilines is 1. The van der Waals surface area contributed by atoms with Crippen LogP contribution in [0.2, 0.25) is 5.02 Å². The van der Waals surface area contributed by atoms with Gasteiger partial charge in [0, 0.05) is 50.9 Å². The molecule has 1 aromatic carbocycles. The highest BCUT2D eigenvalue weighted by Crippen LogP contribution is 2.12. The summed E-state index contributed by atoms with van der Waals surface area (Å²) >= 11 is 5.86. The van der Waals surface area contributed by atoms with Crippen molar-refractivity contribution in [1.29, 1.82) is 0 Å². The second kappa shape index (κ2) is 8.14. The number of halogens is 1. The highest BCUT2D eigenvalue weighted by molar-refractivity contribution is 6.30. The molecule has 1 aliphatic heterocycles. The zero-order chi connectivity index (χ0) is 18.5. The number of rotatable bonds is 4. The number of nitrogens with one attached hydrogen (secondary N) is 1. The Hall–Kier alpha value is -2.67. The number of carbonyl (C=O) groups excluding carboxylic acids is 2. The second-order valence-corrected chi connectivity index (χ2v) is 6.48. The van der Waals surface area contributed by atoms with Gasteiger partial charge in [-0.1, -0.05) is 23.7 Å². The maximum Gasteiger partial charge on any atom is 0.270 e. The minimum absolute atomic E-state index is 0.0703. The summed E-state index contributed by atoms with van der Waals surface area (Å²) in [5.41, 5.74) is 1.27. The molecule has 2 aromatic rings. The summed E-state index contributed by atoms with van der Waals surface area (Å²) in [6.45, 7) is 4.52. The van der Waals surface area contributed by atoms with Gasteiger partial charge in [0.05, 0.1) is 0 Å². The standard InChI is InChI=1S/C18H20ClN5O2/c1-13(25)23-8-10-24(11-9-23)18-20-7-6-16(22-18)17(26)21-12-14-2-4-15(19)5-3-14/h2-7H,8-12H2,1H3,(H,21,26). The molecule has 0 radical (unpaired) electrons. The topological polar surface area (TPSA) is 78.4 Å². The van der Waals surface area contributed by atoms with Gasteiger partial charge in [-0.2, -0.15) is 0 Å². The van der Waals surface area contributed by atoms with Gasteiger partial charge in [-0.05, 0) is 23.8 Å². The van der Waals surface area contributed by atoms with Crippen molar-refractivity contribution in [2.75, 3.05) is 31.1 Å². The lowest BCUT2D eigenvalue weighted by molar-refractivity contribution is -0.129. The molecule has 0 unspecified atom stereocenters. The number of amides is 2. The summed E-state index contributed by atoms with van der Waals surface area (Å²) in [4.78, 5) is 36.2. The molecule has 1 aliphatic rings. The van der Waals surface area contributed by atoms with Crippen LogP contribution in [0, 0.1) is 0 Å². The van der Waals surface area contributed by atoms with E-state index in [4.69, 9.17) is 11.6 Å². The molecule has 0 atom stereocenters. The molecule has 8 heteroatoms. The van der Waals surface area contributed by atoms with Crippen LogP contribution in [0.25, 0.3) is 0 Å². The predicted octanol–water partition coefficient (Wildman–Crippen LogP) is 1.73. The van der Waals surface area contributed by atoms with Crippen molar-refractivity contribution >= 4 is 29.4 Å². The highest BCUT2D eigenvalue weighted by Gasteiger charge is 2.21. The van der Waals surface area contributed by atoms with E-state index in [0.717, 1.165) is 5.56 Å². The molecule has 26 heavy (non-hydrogen) atoms. The summed E-state index contributed by atoms with van der Waals surface area (Å²) < 4.78 is 0. The monoisotopic (exact) mass is 373 g/mol. The van der Waals surface area contributed by atoms with Crippen LogP contribution in [0.5, 0.6) is 0 Å². The van der Waals surface area contributed by atoms with E-state index in [1.807, 2.05) is 17.0 Å². The Morgan fingerprint density at radius 2 is 1.81 bits per heavy atom. The van der Waals surface area contributed by atoms with Crippen molar-refractivity contribution in [2.45, 2.75) is 13.5 Å². The van der Waals surface area contributed by atoms with Crippen molar-refractivity contribution < 1.29 is 9.59 Å². The number of piperazine rings is 1. The van der Waals surface area contributed by atoms with Gasteiger partial charge in [0.15, 0.2) is 0 Å². The number of hydrogen-bond acceptors (Lipinski definition) is 5. The molecule has 2 amide bonds. The quantitative estimate of drug-likeness (QED) is 0.883. The first-order valence-electron chi connectivity index (χ1n) is 8.39. The van der Waals surface area contributed by atoms with Crippen molar-refractivity contribution in [3.63, 3.8) is 0 Å². The molecule has 0 aliphatic carbocycles. The van der Waals surface area contributed by atoms with E-state index < -0.39 is 0 Å². The van der Waals surface area contributed by atoms with E-state index in [1.165, 1.54) is 0 Å². The van der Waals surface area contributed by atoms with Crippen LogP contribution in [-0.4, -0.2) is 52.9 Å². The summed E-state index contributed by atoms with van der Waals surface area (Å²) in [5, 5.41) is 3.50. The Morgan fingerprint density at radius 1 is 1.12 bits per heavy atom. The third-order valence-corrected chi connectivity index (χ3v) is 4.50. The third-order valence-electron chi connectivity index (χ3n) is 4.25. The summed E-state index contributed by atoms with van der Waals surface area (Å²) in [7, 11) is 0. The first kappa shape index (κ1) is 18.1. The molecular formula is C18H20ClN5O2. The second-order valence-electron chi connectivity index (χ2n) is 6.04. The Kier molecular flexibility index (Phi) is 5.68. The Balaban J connectivity index is 1.60. The van der Waals surface area contributed by atoms with E-state index in [-0.39, 0.29) is 11.8 Å². The van der Waals surface area contributed by atoms with Crippen LogP contribution >= 0.6 is 11.6 Å². The maximum atomic E-state index is 12.4. The third kappa shape index (κ3) is 4.49. The fourth-order valence-corrected chi connectivity index (χ4v) is 2.85. The lowest BCUT2D eigenvalue weighted by Crippen LogP contribution is -2.48. The van der Waals surface area contributed by atoms with Crippen LogP contribution in [0.15, 0.2) is 36.5 Å². The lowest BCUT2D eigenvalue weighted by atomic mass is 10.2. The number of aromatic nitrogens is 2. The Bertz CT molecular complexity index is 788. The minimum Gasteiger partial charge on any atom is -0.347 e. The number of hydrogen-bond donors (Lipinski definition) is 1. The van der Waals surface area contributed by atoms with Gasteiger partial charge in [0.2, 0.25) is 11.9 Å². The largest absolute Gasteiger partial charge is 0.347 e. The van der Waals surface area contributed by atoms with Crippen molar-refractivity contribution in [3.8, 4) is 0 Å². The summed E-state index contributed by atoms with van der Waals surface area (Å²) in [6, 6.07) is 8.89. The van der Waals surface area contributed by atoms with E-state index in [2.05, 4.69) is 15.3 Å². The Labute approximate surface area is 157 Å². The molecule has 0 spiro atoms. The van der Waals surface area contributed by atoms with Gasteiger partial charge < -0.3 is 15.1 Å². The molecule has 1 N–H and O–H groups in total. The maximum absolute atomic E-state index is 12.4. The van der Waals surface area contributed by atoms with Gasteiger partial charge in [0.1, 0.15) is 5.69 Å². The van der Waals surface area contributed by atoms with Crippen molar-refractivity contribution in [1.82, 2.24) is 20.2 Å². The van der Waals surface area contributed by atoms with Crippen LogP contribution < -0.4 is 10.2 Å². The summed E-state index contributed by atoms with van der Waals surface area (Å²) in [6.07, 6.45) is 1.58. The SMILES string of the molecule is CC(=O)N1CCN(c2nccc(C(=O)NCc3ccc(Cl)cc3)n2)CC1. The summed E-state index contributed by atoms with van der Waals surface area (Å²) in [5.74, 6) is 0.319. The number of carbonyl (C=O) groups is 2. The van der Waals surface area contributed by atoms with E-state index >= 15 is 0 Å². The number of benzene rings is 1. The molecule has 0 saturated carbocycles. The highest BCUT2D eigenvalue weighted by atomic mass is 35.5. The average molecular weight is 374 g/mol. The molecule has 136 valence electrons. The molecule has 1 fully saturated rings. The molecule has 3 rings (SSSR count). The molecular weight excluding hydrogens is 354 g/mol. The fourth-order valence-electron chi connectivity index (χ4n) is 2.72. The van der Waals surface area contributed by atoms with Gasteiger partial charge in [0.25, 0.3) is 5.91 Å². The van der Waals surface area contributed by atoms with Gasteiger partial charge >= 0.3 is 0 Å². The van der Waals surface area contributed by atoms with E-state index in [9.17, 15) is 9.59 Å². The zero-order valence-corrected chi connectivity index (χ0v) is 15.2. The molecule has 7 nitrogen and oxygen atoms in total. The molecule has 1 saturated heterocycles.